The number of amides is 1. The third kappa shape index (κ3) is 3.79. The van der Waals surface area contributed by atoms with Gasteiger partial charge in [-0.1, -0.05) is 38.1 Å². The van der Waals surface area contributed by atoms with Crippen LogP contribution >= 0.6 is 0 Å². The van der Waals surface area contributed by atoms with Gasteiger partial charge in [0.15, 0.2) is 0 Å². The molecule has 0 radical (unpaired) electrons. The quantitative estimate of drug-likeness (QED) is 0.617. The number of fused-ring (bicyclic) bond motifs is 1. The van der Waals surface area contributed by atoms with E-state index in [1.165, 1.54) is 4.57 Å². The van der Waals surface area contributed by atoms with E-state index in [-0.39, 0.29) is 11.5 Å². The number of rotatable bonds is 7. The highest BCUT2D eigenvalue weighted by Crippen LogP contribution is 2.21. The lowest BCUT2D eigenvalue weighted by molar-refractivity contribution is 0.0757. The molecule has 2 aromatic carbocycles. The van der Waals surface area contributed by atoms with Crippen molar-refractivity contribution in [2.45, 2.75) is 26.7 Å². The summed E-state index contributed by atoms with van der Waals surface area (Å²) in [7, 11) is 1.59. The maximum Gasteiger partial charge on any atom is 0.262 e. The van der Waals surface area contributed by atoms with Gasteiger partial charge in [0.05, 0.1) is 18.4 Å². The predicted octanol–water partition coefficient (Wildman–Crippen LogP) is 4.26. The van der Waals surface area contributed by atoms with E-state index in [0.717, 1.165) is 12.8 Å². The van der Waals surface area contributed by atoms with Crippen LogP contribution in [0.1, 0.15) is 37.0 Å². The van der Waals surface area contributed by atoms with Crippen LogP contribution < -0.4 is 10.3 Å². The number of nitrogens with zero attached hydrogens (tertiary/aromatic N) is 2. The molecule has 0 saturated carbocycles. The van der Waals surface area contributed by atoms with Gasteiger partial charge in [0.1, 0.15) is 5.75 Å². The number of aromatic nitrogens is 1. The zero-order valence-corrected chi connectivity index (χ0v) is 16.6. The second-order valence-corrected chi connectivity index (χ2v) is 6.76. The molecule has 5 nitrogen and oxygen atoms in total. The standard InChI is InChI=1S/C23H26N2O3/c1-4-13-24(14-5-2)22(26)21-16-25(17-9-8-10-18(15-17)28-3)23(27)20-12-7-6-11-19(20)21/h6-12,15-16H,4-5,13-14H2,1-3H3. The third-order valence-electron chi connectivity index (χ3n) is 4.76. The van der Waals surface area contributed by atoms with Crippen molar-refractivity contribution >= 4 is 16.7 Å². The van der Waals surface area contributed by atoms with Crippen molar-refractivity contribution in [1.82, 2.24) is 9.47 Å². The molecule has 0 aliphatic carbocycles. The highest BCUT2D eigenvalue weighted by atomic mass is 16.5. The Kier molecular flexibility index (Phi) is 6.14. The summed E-state index contributed by atoms with van der Waals surface area (Å²) in [5.41, 5.74) is 1.06. The first-order valence-corrected chi connectivity index (χ1v) is 9.68. The molecule has 0 aliphatic heterocycles. The molecule has 0 atom stereocenters. The van der Waals surface area contributed by atoms with Gasteiger partial charge < -0.3 is 9.64 Å². The lowest BCUT2D eigenvalue weighted by Gasteiger charge is -2.23. The minimum absolute atomic E-state index is 0.0449. The van der Waals surface area contributed by atoms with Crippen LogP contribution in [-0.4, -0.2) is 35.6 Å². The average molecular weight is 378 g/mol. The lowest BCUT2D eigenvalue weighted by atomic mass is 10.1. The molecule has 0 spiro atoms. The number of ether oxygens (including phenoxy) is 1. The number of hydrogen-bond donors (Lipinski definition) is 0. The first kappa shape index (κ1) is 19.7. The van der Waals surface area contributed by atoms with Gasteiger partial charge in [0.25, 0.3) is 11.5 Å². The molecule has 0 N–H and O–H groups in total. The molecule has 28 heavy (non-hydrogen) atoms. The number of carbonyl (C=O) groups is 1. The number of pyridine rings is 1. The smallest absolute Gasteiger partial charge is 0.262 e. The maximum atomic E-state index is 13.3. The lowest BCUT2D eigenvalue weighted by Crippen LogP contribution is -2.33. The molecule has 0 unspecified atom stereocenters. The Hall–Kier alpha value is -3.08. The van der Waals surface area contributed by atoms with Gasteiger partial charge in [-0.15, -0.1) is 0 Å². The zero-order chi connectivity index (χ0) is 20.1. The number of carbonyl (C=O) groups excluding carboxylic acids is 1. The van der Waals surface area contributed by atoms with Crippen molar-refractivity contribution in [1.29, 1.82) is 0 Å². The second kappa shape index (κ2) is 8.74. The van der Waals surface area contributed by atoms with Crippen molar-refractivity contribution in [3.8, 4) is 11.4 Å². The number of methoxy groups -OCH3 is 1. The van der Waals surface area contributed by atoms with Crippen LogP contribution in [-0.2, 0) is 0 Å². The van der Waals surface area contributed by atoms with E-state index in [2.05, 4.69) is 13.8 Å². The minimum Gasteiger partial charge on any atom is -0.497 e. The van der Waals surface area contributed by atoms with Crippen molar-refractivity contribution in [2.24, 2.45) is 0 Å². The predicted molar refractivity (Wildman–Crippen MR) is 113 cm³/mol. The maximum absolute atomic E-state index is 13.3. The topological polar surface area (TPSA) is 51.5 Å². The van der Waals surface area contributed by atoms with E-state index in [9.17, 15) is 9.59 Å². The molecule has 3 aromatic rings. The van der Waals surface area contributed by atoms with Gasteiger partial charge >= 0.3 is 0 Å². The van der Waals surface area contributed by atoms with E-state index in [0.29, 0.717) is 40.9 Å². The molecular formula is C23H26N2O3. The van der Waals surface area contributed by atoms with Crippen LogP contribution in [0.4, 0.5) is 0 Å². The largest absolute Gasteiger partial charge is 0.497 e. The Balaban J connectivity index is 2.23. The van der Waals surface area contributed by atoms with E-state index in [4.69, 9.17) is 4.74 Å². The van der Waals surface area contributed by atoms with Crippen LogP contribution in [0.3, 0.4) is 0 Å². The highest BCUT2D eigenvalue weighted by Gasteiger charge is 2.20. The summed E-state index contributed by atoms with van der Waals surface area (Å²) < 4.78 is 6.83. The SMILES string of the molecule is CCCN(CCC)C(=O)c1cn(-c2cccc(OC)c2)c(=O)c2ccccc12. The van der Waals surface area contributed by atoms with Crippen molar-refractivity contribution in [2.75, 3.05) is 20.2 Å². The molecule has 1 aromatic heterocycles. The van der Waals surface area contributed by atoms with Crippen LogP contribution in [0.2, 0.25) is 0 Å². The van der Waals surface area contributed by atoms with Gasteiger partial charge in [-0.3, -0.25) is 14.2 Å². The van der Waals surface area contributed by atoms with Gasteiger partial charge in [0.2, 0.25) is 0 Å². The van der Waals surface area contributed by atoms with Crippen LogP contribution in [0.15, 0.2) is 59.5 Å². The third-order valence-corrected chi connectivity index (χ3v) is 4.76. The van der Waals surface area contributed by atoms with Gasteiger partial charge in [-0.2, -0.15) is 0 Å². The molecule has 1 heterocycles. The van der Waals surface area contributed by atoms with E-state index in [1.807, 2.05) is 41.3 Å². The Morgan fingerprint density at radius 2 is 1.68 bits per heavy atom. The Morgan fingerprint density at radius 1 is 1.00 bits per heavy atom. The molecule has 5 heteroatoms. The number of hydrogen-bond acceptors (Lipinski definition) is 3. The molecule has 0 bridgehead atoms. The first-order valence-electron chi connectivity index (χ1n) is 9.68. The van der Waals surface area contributed by atoms with E-state index in [1.54, 1.807) is 25.4 Å². The normalized spacial score (nSPS) is 10.8. The van der Waals surface area contributed by atoms with Crippen LogP contribution in [0.25, 0.3) is 16.5 Å². The van der Waals surface area contributed by atoms with Crippen LogP contribution in [0.5, 0.6) is 5.75 Å². The Labute approximate surface area is 165 Å². The summed E-state index contributed by atoms with van der Waals surface area (Å²) in [5, 5.41) is 1.22. The van der Waals surface area contributed by atoms with Crippen LogP contribution in [0, 0.1) is 0 Å². The fraction of sp³-hybridized carbons (Fsp3) is 0.304. The van der Waals surface area contributed by atoms with E-state index >= 15 is 0 Å². The first-order chi connectivity index (χ1) is 13.6. The number of benzene rings is 2. The monoisotopic (exact) mass is 378 g/mol. The summed E-state index contributed by atoms with van der Waals surface area (Å²) in [4.78, 5) is 28.3. The summed E-state index contributed by atoms with van der Waals surface area (Å²) in [6.45, 7) is 5.51. The fourth-order valence-corrected chi connectivity index (χ4v) is 3.44. The highest BCUT2D eigenvalue weighted by molar-refractivity contribution is 6.06. The zero-order valence-electron chi connectivity index (χ0n) is 16.6. The average Bonchev–Trinajstić information content (AvgIpc) is 2.73. The Morgan fingerprint density at radius 3 is 2.32 bits per heavy atom. The second-order valence-electron chi connectivity index (χ2n) is 6.76. The minimum atomic E-state index is -0.155. The van der Waals surface area contributed by atoms with Crippen molar-refractivity contribution in [3.63, 3.8) is 0 Å². The molecular weight excluding hydrogens is 352 g/mol. The molecule has 146 valence electrons. The molecule has 0 fully saturated rings. The summed E-state index contributed by atoms with van der Waals surface area (Å²) in [6.07, 6.45) is 3.44. The van der Waals surface area contributed by atoms with Crippen molar-refractivity contribution < 1.29 is 9.53 Å². The molecule has 0 saturated heterocycles. The summed E-state index contributed by atoms with van der Waals surface area (Å²) in [5.74, 6) is 0.612. The summed E-state index contributed by atoms with van der Waals surface area (Å²) >= 11 is 0. The molecule has 0 aliphatic rings. The Bertz CT molecular complexity index is 1030. The molecule has 3 rings (SSSR count). The van der Waals surface area contributed by atoms with Crippen molar-refractivity contribution in [3.05, 3.63) is 70.6 Å². The molecule has 1 amide bonds. The van der Waals surface area contributed by atoms with Gasteiger partial charge in [-0.25, -0.2) is 0 Å². The fourth-order valence-electron chi connectivity index (χ4n) is 3.44. The van der Waals surface area contributed by atoms with Gasteiger partial charge in [-0.05, 0) is 31.0 Å². The van der Waals surface area contributed by atoms with Gasteiger partial charge in [0, 0.05) is 36.1 Å². The summed E-state index contributed by atoms with van der Waals surface area (Å²) in [6, 6.07) is 14.6. The van der Waals surface area contributed by atoms with E-state index < -0.39 is 0 Å².